The minimum Gasteiger partial charge on any atom is -0.0683 e. The molecule has 0 aromatic heterocycles. The summed E-state index contributed by atoms with van der Waals surface area (Å²) in [6, 6.07) is 78.7. The van der Waals surface area contributed by atoms with Crippen LogP contribution in [0.2, 0.25) is 0 Å². The molecule has 0 aliphatic rings. The summed E-state index contributed by atoms with van der Waals surface area (Å²) in [6.07, 6.45) is 5.95. The van der Waals surface area contributed by atoms with E-state index in [-0.39, 0.29) is 0 Å². The van der Waals surface area contributed by atoms with Crippen LogP contribution in [-0.2, 0) is 38.5 Å². The molecule has 8 rings (SSSR count). The molecule has 0 nitrogen and oxygen atoms in total. The van der Waals surface area contributed by atoms with Gasteiger partial charge in [0.05, 0.1) is 0 Å². The standard InChI is InChI=1S/2C27H24.14C2H6/c2*1-3-7-22(8-4-1)19-24-11-15-26(16-12-24)21-27-17-13-25(14-18-27)20-23-9-5-2-6-10-23;14*1-2/h2*1-18H,19-21H2;14*1-2H3. The zero-order valence-electron chi connectivity index (χ0n) is 59.0. The van der Waals surface area contributed by atoms with E-state index in [0.29, 0.717) is 0 Å². The molecule has 0 N–H and O–H groups in total. The summed E-state index contributed by atoms with van der Waals surface area (Å²) in [4.78, 5) is 0. The van der Waals surface area contributed by atoms with Crippen molar-refractivity contribution in [2.24, 2.45) is 0 Å². The van der Waals surface area contributed by atoms with Crippen LogP contribution in [0.15, 0.2) is 218 Å². The predicted molar refractivity (Wildman–Crippen MR) is 387 cm³/mol. The average molecular weight is 1120 g/mol. The molecule has 0 heterocycles. The highest BCUT2D eigenvalue weighted by molar-refractivity contribution is 5.36. The van der Waals surface area contributed by atoms with E-state index in [2.05, 4.69) is 218 Å². The van der Waals surface area contributed by atoms with Gasteiger partial charge < -0.3 is 0 Å². The van der Waals surface area contributed by atoms with Crippen LogP contribution in [0.3, 0.4) is 0 Å². The molecule has 8 aromatic carbocycles. The molecule has 82 heavy (non-hydrogen) atoms. The summed E-state index contributed by atoms with van der Waals surface area (Å²) in [5, 5.41) is 0. The van der Waals surface area contributed by atoms with Gasteiger partial charge in [0, 0.05) is 0 Å². The first-order chi connectivity index (χ1) is 40.7. The third-order valence-corrected chi connectivity index (χ3v) is 9.91. The normalized spacial score (nSPS) is 8.05. The van der Waals surface area contributed by atoms with Crippen molar-refractivity contribution in [1.29, 1.82) is 0 Å². The van der Waals surface area contributed by atoms with E-state index in [9.17, 15) is 0 Å². The van der Waals surface area contributed by atoms with Gasteiger partial charge in [0.2, 0.25) is 0 Å². The molecule has 0 aliphatic heterocycles. The molecule has 8 aromatic rings. The lowest BCUT2D eigenvalue weighted by Crippen LogP contribution is -1.92. The maximum atomic E-state index is 2.26. The van der Waals surface area contributed by atoms with E-state index in [0.717, 1.165) is 38.5 Å². The van der Waals surface area contributed by atoms with Crippen molar-refractivity contribution >= 4 is 0 Å². The van der Waals surface area contributed by atoms with Crippen molar-refractivity contribution in [2.75, 3.05) is 0 Å². The molecule has 0 saturated carbocycles. The molecule has 0 atom stereocenters. The summed E-state index contributed by atoms with van der Waals surface area (Å²) >= 11 is 0. The average Bonchev–Trinajstić information content (AvgIpc) is 3.62. The maximum absolute atomic E-state index is 2.26. The van der Waals surface area contributed by atoms with E-state index in [1.807, 2.05) is 194 Å². The molecule has 0 saturated heterocycles. The first-order valence-corrected chi connectivity index (χ1v) is 33.2. The van der Waals surface area contributed by atoms with Gasteiger partial charge in [-0.3, -0.25) is 0 Å². The van der Waals surface area contributed by atoms with E-state index in [1.165, 1.54) is 66.8 Å². The smallest absolute Gasteiger partial charge is 0.00258 e. The number of rotatable bonds is 12. The maximum Gasteiger partial charge on any atom is -0.00258 e. The van der Waals surface area contributed by atoms with Gasteiger partial charge in [-0.15, -0.1) is 0 Å². The van der Waals surface area contributed by atoms with Crippen LogP contribution in [0.4, 0.5) is 0 Å². The Bertz CT molecular complexity index is 1900. The zero-order valence-corrected chi connectivity index (χ0v) is 59.0. The molecule has 0 amide bonds. The third-order valence-electron chi connectivity index (χ3n) is 9.91. The van der Waals surface area contributed by atoms with Crippen molar-refractivity contribution in [1.82, 2.24) is 0 Å². The van der Waals surface area contributed by atoms with Gasteiger partial charge in [0.1, 0.15) is 0 Å². The molecule has 0 unspecified atom stereocenters. The second-order valence-corrected chi connectivity index (χ2v) is 14.3. The lowest BCUT2D eigenvalue weighted by atomic mass is 9.98. The van der Waals surface area contributed by atoms with Crippen LogP contribution in [0.25, 0.3) is 0 Å². The van der Waals surface area contributed by atoms with Crippen molar-refractivity contribution in [3.05, 3.63) is 285 Å². The molecule has 0 heteroatoms. The zero-order chi connectivity index (χ0) is 64.6. The summed E-state index contributed by atoms with van der Waals surface area (Å²) in [6.45, 7) is 56.0. The van der Waals surface area contributed by atoms with Crippen molar-refractivity contribution < 1.29 is 0 Å². The van der Waals surface area contributed by atoms with E-state index in [1.54, 1.807) is 0 Å². The Morgan fingerprint density at radius 2 is 0.183 bits per heavy atom. The molecule has 0 fully saturated rings. The summed E-state index contributed by atoms with van der Waals surface area (Å²) in [5.41, 5.74) is 16.4. The monoisotopic (exact) mass is 1120 g/mol. The number of hydrogen-bond donors (Lipinski definition) is 0. The van der Waals surface area contributed by atoms with E-state index in [4.69, 9.17) is 0 Å². The highest BCUT2D eigenvalue weighted by Gasteiger charge is 2.03. The largest absolute Gasteiger partial charge is 0.0683 e. The first-order valence-electron chi connectivity index (χ1n) is 33.2. The van der Waals surface area contributed by atoms with Crippen LogP contribution in [-0.4, -0.2) is 0 Å². The molecule has 0 aliphatic carbocycles. The lowest BCUT2D eigenvalue weighted by molar-refractivity contribution is 1.14. The first kappa shape index (κ1) is 92.2. The van der Waals surface area contributed by atoms with Crippen LogP contribution in [0, 0.1) is 0 Å². The fourth-order valence-corrected chi connectivity index (χ4v) is 6.90. The third kappa shape index (κ3) is 48.5. The Morgan fingerprint density at radius 3 is 0.268 bits per heavy atom. The molecule has 0 radical (unpaired) electrons. The highest BCUT2D eigenvalue weighted by atomic mass is 14.1. The minimum atomic E-state index is 0.983. The van der Waals surface area contributed by atoms with Gasteiger partial charge in [-0.25, -0.2) is 0 Å². The van der Waals surface area contributed by atoms with Gasteiger partial charge in [0.25, 0.3) is 0 Å². The van der Waals surface area contributed by atoms with Crippen molar-refractivity contribution in [3.8, 4) is 0 Å². The topological polar surface area (TPSA) is 0 Å². The number of benzene rings is 8. The van der Waals surface area contributed by atoms with Crippen LogP contribution < -0.4 is 0 Å². The van der Waals surface area contributed by atoms with Gasteiger partial charge >= 0.3 is 0 Å². The van der Waals surface area contributed by atoms with Crippen LogP contribution in [0.1, 0.15) is 261 Å². The van der Waals surface area contributed by atoms with Gasteiger partial charge in [-0.1, -0.05) is 412 Å². The van der Waals surface area contributed by atoms with Gasteiger partial charge in [-0.05, 0) is 105 Å². The quantitative estimate of drug-likeness (QED) is 0.114. The fraction of sp³-hybridized carbons (Fsp3) is 0.415. The van der Waals surface area contributed by atoms with Gasteiger partial charge in [0.15, 0.2) is 0 Å². The Hall–Kier alpha value is -6.24. The van der Waals surface area contributed by atoms with Crippen molar-refractivity contribution in [3.63, 3.8) is 0 Å². The molecular formula is C82H132. The Kier molecular flexibility index (Phi) is 88.8. The molecular weight excluding hydrogens is 985 g/mol. The lowest BCUT2D eigenvalue weighted by Gasteiger charge is -2.07. The fourth-order valence-electron chi connectivity index (χ4n) is 6.90. The summed E-state index contributed by atoms with van der Waals surface area (Å²) in [7, 11) is 0. The summed E-state index contributed by atoms with van der Waals surface area (Å²) in [5.74, 6) is 0. The predicted octanol–water partition coefficient (Wildman–Crippen LogP) is 27.3. The minimum absolute atomic E-state index is 0.983. The van der Waals surface area contributed by atoms with Crippen LogP contribution >= 0.6 is 0 Å². The molecule has 0 bridgehead atoms. The van der Waals surface area contributed by atoms with Gasteiger partial charge in [-0.2, -0.15) is 0 Å². The Labute approximate surface area is 514 Å². The Balaban J connectivity index is -0.000000156. The highest BCUT2D eigenvalue weighted by Crippen LogP contribution is 2.18. The second-order valence-electron chi connectivity index (χ2n) is 14.3. The van der Waals surface area contributed by atoms with E-state index < -0.39 is 0 Å². The molecule has 0 spiro atoms. The summed E-state index contributed by atoms with van der Waals surface area (Å²) < 4.78 is 0. The van der Waals surface area contributed by atoms with Crippen LogP contribution in [0.5, 0.6) is 0 Å². The van der Waals surface area contributed by atoms with E-state index >= 15 is 0 Å². The molecule has 460 valence electrons. The Morgan fingerprint density at radius 1 is 0.110 bits per heavy atom. The number of hydrogen-bond acceptors (Lipinski definition) is 0. The SMILES string of the molecule is CC.CC.CC.CC.CC.CC.CC.CC.CC.CC.CC.CC.CC.CC.c1ccc(Cc2ccc(Cc3ccc(Cc4ccccc4)cc3)cc2)cc1.c1ccc(Cc2ccc(Cc3ccc(Cc4ccccc4)cc3)cc2)cc1. The van der Waals surface area contributed by atoms with Crippen molar-refractivity contribution in [2.45, 2.75) is 232 Å². The second kappa shape index (κ2) is 79.0.